The number of rotatable bonds is 5. The monoisotopic (exact) mass is 363 g/mol. The lowest BCUT2D eigenvalue weighted by Gasteiger charge is -2.21. The van der Waals surface area contributed by atoms with E-state index in [1.165, 1.54) is 0 Å². The first-order valence-corrected chi connectivity index (χ1v) is 8.38. The predicted molar refractivity (Wildman–Crippen MR) is 105 cm³/mol. The van der Waals surface area contributed by atoms with E-state index in [2.05, 4.69) is 4.98 Å². The van der Waals surface area contributed by atoms with E-state index in [-0.39, 0.29) is 6.61 Å². The molecule has 0 saturated heterocycles. The Kier molecular flexibility index (Phi) is 5.65. The molecule has 0 spiro atoms. The Morgan fingerprint density at radius 1 is 1.11 bits per heavy atom. The zero-order valence-electron chi connectivity index (χ0n) is 14.9. The minimum absolute atomic E-state index is 0.207. The predicted octanol–water partition coefficient (Wildman–Crippen LogP) is 2.90. The van der Waals surface area contributed by atoms with Gasteiger partial charge in [-0.25, -0.2) is 26.5 Å². The third kappa shape index (κ3) is 4.22. The lowest BCUT2D eigenvalue weighted by molar-refractivity contribution is 0.246. The highest BCUT2D eigenvalue weighted by atomic mass is 16.5. The number of ether oxygens (including phenoxy) is 1. The third-order valence-corrected chi connectivity index (χ3v) is 4.19. The van der Waals surface area contributed by atoms with Gasteiger partial charge in [0.1, 0.15) is 6.61 Å². The molecule has 2 amide bonds. The van der Waals surface area contributed by atoms with Gasteiger partial charge in [-0.3, -0.25) is 5.43 Å². The summed E-state index contributed by atoms with van der Waals surface area (Å²) >= 11 is 0. The van der Waals surface area contributed by atoms with Gasteiger partial charge in [-0.05, 0) is 35.7 Å². The first-order chi connectivity index (χ1) is 13.1. The minimum atomic E-state index is -0.619. The van der Waals surface area contributed by atoms with Gasteiger partial charge < -0.3 is 4.74 Å². The first kappa shape index (κ1) is 18.4. The fourth-order valence-corrected chi connectivity index (χ4v) is 2.72. The molecule has 1 heterocycles. The number of hydrogen-bond donors (Lipinski definition) is 3. The van der Waals surface area contributed by atoms with Crippen molar-refractivity contribution in [2.24, 2.45) is 11.7 Å². The molecule has 0 atom stereocenters. The van der Waals surface area contributed by atoms with Gasteiger partial charge in [-0.1, -0.05) is 42.5 Å². The molecule has 7 heteroatoms. The Balaban J connectivity index is 1.83. The van der Waals surface area contributed by atoms with Crippen LogP contribution in [0.2, 0.25) is 0 Å². The average molecular weight is 363 g/mol. The summed E-state index contributed by atoms with van der Waals surface area (Å²) in [4.78, 5) is 16.0. The number of benzene rings is 2. The summed E-state index contributed by atoms with van der Waals surface area (Å²) in [6.07, 6.45) is 1.70. The summed E-state index contributed by atoms with van der Waals surface area (Å²) in [5.74, 6) is 11.5. The second-order valence-electron chi connectivity index (χ2n) is 5.93. The van der Waals surface area contributed by atoms with Gasteiger partial charge in [0.25, 0.3) is 0 Å². The molecule has 138 valence electrons. The molecular formula is C20H21N5O2. The molecule has 2 aromatic carbocycles. The molecule has 27 heavy (non-hydrogen) atoms. The van der Waals surface area contributed by atoms with E-state index in [0.717, 1.165) is 27.3 Å². The SMILES string of the molecule is Cc1cccc(N(N)C(=O)NN)c1COc1cc(-c2ccccc2)ccn1. The summed E-state index contributed by atoms with van der Waals surface area (Å²) in [5.41, 5.74) is 6.33. The Bertz CT molecular complexity index is 931. The Morgan fingerprint density at radius 2 is 1.89 bits per heavy atom. The number of aryl methyl sites for hydroxylation is 1. The maximum absolute atomic E-state index is 11.8. The number of hydrogen-bond acceptors (Lipinski definition) is 5. The molecule has 1 aromatic heterocycles. The van der Waals surface area contributed by atoms with Crippen LogP contribution in [0.1, 0.15) is 11.1 Å². The van der Waals surface area contributed by atoms with Crippen LogP contribution in [-0.4, -0.2) is 11.0 Å². The number of carbonyl (C=O) groups excluding carboxylic acids is 1. The molecule has 0 bridgehead atoms. The molecule has 3 aromatic rings. The summed E-state index contributed by atoms with van der Waals surface area (Å²) in [6, 6.07) is 18.6. The smallest absolute Gasteiger partial charge is 0.350 e. The van der Waals surface area contributed by atoms with Crippen LogP contribution in [0.5, 0.6) is 5.88 Å². The van der Waals surface area contributed by atoms with Crippen molar-refractivity contribution in [1.29, 1.82) is 0 Å². The van der Waals surface area contributed by atoms with E-state index in [4.69, 9.17) is 16.4 Å². The molecule has 7 nitrogen and oxygen atoms in total. The molecule has 0 aliphatic rings. The third-order valence-electron chi connectivity index (χ3n) is 4.19. The van der Waals surface area contributed by atoms with Crippen LogP contribution in [0.3, 0.4) is 0 Å². The van der Waals surface area contributed by atoms with Gasteiger partial charge >= 0.3 is 6.03 Å². The van der Waals surface area contributed by atoms with Crippen molar-refractivity contribution in [3.63, 3.8) is 0 Å². The van der Waals surface area contributed by atoms with Crippen molar-refractivity contribution >= 4 is 11.7 Å². The van der Waals surface area contributed by atoms with Crippen molar-refractivity contribution in [3.8, 4) is 17.0 Å². The van der Waals surface area contributed by atoms with Gasteiger partial charge in [0.15, 0.2) is 0 Å². The largest absolute Gasteiger partial charge is 0.473 e. The maximum Gasteiger partial charge on any atom is 0.350 e. The average Bonchev–Trinajstić information content (AvgIpc) is 2.72. The van der Waals surface area contributed by atoms with E-state index in [1.807, 2.05) is 66.9 Å². The number of anilines is 1. The standard InChI is InChI=1S/C20H21N5O2/c1-14-6-5-9-18(25(22)20(26)24-21)17(14)13-27-19-12-16(10-11-23-19)15-7-3-2-4-8-15/h2-12H,13,21-22H2,1H3,(H,24,26). The first-order valence-electron chi connectivity index (χ1n) is 8.38. The molecule has 0 radical (unpaired) electrons. The number of amides is 2. The number of aromatic nitrogens is 1. The molecule has 0 aliphatic carbocycles. The van der Waals surface area contributed by atoms with E-state index in [9.17, 15) is 4.79 Å². The quantitative estimate of drug-likeness (QED) is 0.367. The van der Waals surface area contributed by atoms with Gasteiger partial charge in [0.05, 0.1) is 5.69 Å². The highest BCUT2D eigenvalue weighted by Crippen LogP contribution is 2.26. The molecule has 0 saturated carbocycles. The zero-order valence-corrected chi connectivity index (χ0v) is 14.9. The maximum atomic E-state index is 11.8. The molecular weight excluding hydrogens is 342 g/mol. The number of pyridine rings is 1. The normalized spacial score (nSPS) is 10.3. The van der Waals surface area contributed by atoms with Gasteiger partial charge in [-0.2, -0.15) is 0 Å². The van der Waals surface area contributed by atoms with Crippen LogP contribution in [0.25, 0.3) is 11.1 Å². The van der Waals surface area contributed by atoms with Crippen molar-refractivity contribution in [2.75, 3.05) is 5.01 Å². The van der Waals surface area contributed by atoms with Crippen molar-refractivity contribution in [1.82, 2.24) is 10.4 Å². The van der Waals surface area contributed by atoms with Crippen molar-refractivity contribution in [2.45, 2.75) is 13.5 Å². The van der Waals surface area contributed by atoms with Gasteiger partial charge in [0.2, 0.25) is 5.88 Å². The number of nitrogens with two attached hydrogens (primary N) is 2. The van der Waals surface area contributed by atoms with E-state index < -0.39 is 6.03 Å². The Morgan fingerprint density at radius 3 is 2.63 bits per heavy atom. The highest BCUT2D eigenvalue weighted by molar-refractivity contribution is 5.91. The number of urea groups is 1. The Labute approximate surface area is 157 Å². The van der Waals surface area contributed by atoms with Gasteiger partial charge in [-0.15, -0.1) is 0 Å². The molecule has 0 aliphatic heterocycles. The van der Waals surface area contributed by atoms with Crippen molar-refractivity contribution in [3.05, 3.63) is 78.0 Å². The molecule has 0 unspecified atom stereocenters. The summed E-state index contributed by atoms with van der Waals surface area (Å²) in [7, 11) is 0. The second-order valence-corrected chi connectivity index (χ2v) is 5.93. The number of hydrazine groups is 2. The van der Waals surface area contributed by atoms with E-state index in [1.54, 1.807) is 12.3 Å². The van der Waals surface area contributed by atoms with Crippen molar-refractivity contribution < 1.29 is 9.53 Å². The van der Waals surface area contributed by atoms with E-state index in [0.29, 0.717) is 11.6 Å². The molecule has 3 rings (SSSR count). The van der Waals surface area contributed by atoms with E-state index >= 15 is 0 Å². The van der Waals surface area contributed by atoms with Crippen LogP contribution in [0.4, 0.5) is 10.5 Å². The second kappa shape index (κ2) is 8.31. The molecule has 5 N–H and O–H groups in total. The number of nitrogens with one attached hydrogen (secondary N) is 1. The topological polar surface area (TPSA) is 106 Å². The van der Waals surface area contributed by atoms with Crippen LogP contribution >= 0.6 is 0 Å². The zero-order chi connectivity index (χ0) is 19.2. The van der Waals surface area contributed by atoms with Crippen LogP contribution in [0.15, 0.2) is 66.9 Å². The summed E-state index contributed by atoms with van der Waals surface area (Å²) in [6.45, 7) is 2.13. The Hall–Kier alpha value is -3.42. The minimum Gasteiger partial charge on any atom is -0.473 e. The molecule has 0 fully saturated rings. The highest BCUT2D eigenvalue weighted by Gasteiger charge is 2.16. The fraction of sp³-hybridized carbons (Fsp3) is 0.100. The number of carbonyl (C=O) groups is 1. The number of nitrogens with zero attached hydrogens (tertiary/aromatic N) is 2. The van der Waals surface area contributed by atoms with Gasteiger partial charge in [0, 0.05) is 17.8 Å². The lowest BCUT2D eigenvalue weighted by Crippen LogP contribution is -2.48. The summed E-state index contributed by atoms with van der Waals surface area (Å²) in [5, 5.41) is 0.958. The summed E-state index contributed by atoms with van der Waals surface area (Å²) < 4.78 is 5.88. The fourth-order valence-electron chi connectivity index (χ4n) is 2.72. The van der Waals surface area contributed by atoms with Crippen LogP contribution in [-0.2, 0) is 6.61 Å². The van der Waals surface area contributed by atoms with Crippen LogP contribution < -0.4 is 26.9 Å². The lowest BCUT2D eigenvalue weighted by atomic mass is 10.1. The van der Waals surface area contributed by atoms with Crippen LogP contribution in [0, 0.1) is 6.92 Å².